The maximum Gasteiger partial charge on any atom is 0.266 e. The van der Waals surface area contributed by atoms with E-state index in [0.29, 0.717) is 22.2 Å². The second-order valence-corrected chi connectivity index (χ2v) is 8.22. The third-order valence-electron chi connectivity index (χ3n) is 4.69. The van der Waals surface area contributed by atoms with Gasteiger partial charge in [0.25, 0.3) is 5.91 Å². The summed E-state index contributed by atoms with van der Waals surface area (Å²) in [6.45, 7) is 3.58. The van der Waals surface area contributed by atoms with Crippen LogP contribution in [0, 0.1) is 0 Å². The van der Waals surface area contributed by atoms with Gasteiger partial charge >= 0.3 is 0 Å². The van der Waals surface area contributed by atoms with Crippen molar-refractivity contribution in [3.05, 3.63) is 34.7 Å². The molecule has 8 heteroatoms. The normalized spacial score (nSPS) is 19.9. The molecule has 0 aliphatic carbocycles. The van der Waals surface area contributed by atoms with Crippen LogP contribution < -0.4 is 4.74 Å². The molecular formula is C19H23N3O3S2. The number of carbonyl (C=O) groups excluding carboxylic acids is 2. The van der Waals surface area contributed by atoms with Crippen LogP contribution in [0.4, 0.5) is 0 Å². The molecule has 0 atom stereocenters. The van der Waals surface area contributed by atoms with Gasteiger partial charge in [0.05, 0.1) is 12.0 Å². The molecule has 0 bridgehead atoms. The monoisotopic (exact) mass is 405 g/mol. The van der Waals surface area contributed by atoms with Crippen molar-refractivity contribution in [3.8, 4) is 5.75 Å². The van der Waals surface area contributed by atoms with Gasteiger partial charge in [0.1, 0.15) is 10.1 Å². The first-order chi connectivity index (χ1) is 13.0. The van der Waals surface area contributed by atoms with Gasteiger partial charge in [-0.25, -0.2) is 0 Å². The summed E-state index contributed by atoms with van der Waals surface area (Å²) in [5.74, 6) is 0.713. The predicted octanol–water partition coefficient (Wildman–Crippen LogP) is 2.06. The smallest absolute Gasteiger partial charge is 0.266 e. The van der Waals surface area contributed by atoms with Gasteiger partial charge in [-0.2, -0.15) is 0 Å². The number of rotatable bonds is 5. The topological polar surface area (TPSA) is 53.1 Å². The molecule has 3 rings (SSSR count). The lowest BCUT2D eigenvalue weighted by Crippen LogP contribution is -2.47. The van der Waals surface area contributed by atoms with Crippen LogP contribution in [0.5, 0.6) is 5.75 Å². The van der Waals surface area contributed by atoms with Crippen molar-refractivity contribution in [2.24, 2.45) is 0 Å². The van der Waals surface area contributed by atoms with E-state index in [1.165, 1.54) is 16.7 Å². The van der Waals surface area contributed by atoms with Crippen molar-refractivity contribution in [1.82, 2.24) is 14.7 Å². The SMILES string of the molecule is COc1ccc(/C=C2/SC(=S)N(CCC(=O)N3CCN(C)CC3)C2=O)cc1. The molecule has 27 heavy (non-hydrogen) atoms. The summed E-state index contributed by atoms with van der Waals surface area (Å²) in [6, 6.07) is 7.48. The fraction of sp³-hybridized carbons (Fsp3) is 0.421. The highest BCUT2D eigenvalue weighted by Gasteiger charge is 2.32. The molecule has 2 saturated heterocycles. The maximum absolute atomic E-state index is 12.7. The molecule has 2 amide bonds. The summed E-state index contributed by atoms with van der Waals surface area (Å²) >= 11 is 6.63. The van der Waals surface area contributed by atoms with Crippen molar-refractivity contribution in [2.45, 2.75) is 6.42 Å². The fourth-order valence-corrected chi connectivity index (χ4v) is 4.27. The van der Waals surface area contributed by atoms with Crippen LogP contribution in [0.2, 0.25) is 0 Å². The van der Waals surface area contributed by atoms with Gasteiger partial charge in [-0.1, -0.05) is 36.1 Å². The van der Waals surface area contributed by atoms with Gasteiger partial charge < -0.3 is 14.5 Å². The van der Waals surface area contributed by atoms with Crippen LogP contribution in [0.3, 0.4) is 0 Å². The Hall–Kier alpha value is -1.90. The van der Waals surface area contributed by atoms with Crippen LogP contribution >= 0.6 is 24.0 Å². The quantitative estimate of drug-likeness (QED) is 0.552. The number of thioether (sulfide) groups is 1. The van der Waals surface area contributed by atoms with Gasteiger partial charge in [0, 0.05) is 39.1 Å². The lowest BCUT2D eigenvalue weighted by atomic mass is 10.2. The van der Waals surface area contributed by atoms with Gasteiger partial charge in [0.15, 0.2) is 0 Å². The summed E-state index contributed by atoms with van der Waals surface area (Å²) < 4.78 is 5.65. The van der Waals surface area contributed by atoms with Crippen LogP contribution in [-0.4, -0.2) is 77.7 Å². The lowest BCUT2D eigenvalue weighted by Gasteiger charge is -2.32. The third-order valence-corrected chi connectivity index (χ3v) is 6.07. The van der Waals surface area contributed by atoms with E-state index < -0.39 is 0 Å². The summed E-state index contributed by atoms with van der Waals surface area (Å²) in [5, 5.41) is 0. The van der Waals surface area contributed by atoms with Crippen LogP contribution in [0.1, 0.15) is 12.0 Å². The van der Waals surface area contributed by atoms with Crippen molar-refractivity contribution in [2.75, 3.05) is 46.9 Å². The van der Waals surface area contributed by atoms with E-state index >= 15 is 0 Å². The van der Waals surface area contributed by atoms with E-state index in [-0.39, 0.29) is 11.8 Å². The second-order valence-electron chi connectivity index (χ2n) is 6.54. The molecule has 0 unspecified atom stereocenters. The molecule has 1 aromatic rings. The molecule has 0 aromatic heterocycles. The van der Waals surface area contributed by atoms with Gasteiger partial charge in [-0.15, -0.1) is 0 Å². The summed E-state index contributed by atoms with van der Waals surface area (Å²) in [7, 11) is 3.67. The van der Waals surface area contributed by atoms with Crippen molar-refractivity contribution in [1.29, 1.82) is 0 Å². The minimum atomic E-state index is -0.132. The largest absolute Gasteiger partial charge is 0.497 e. The Morgan fingerprint density at radius 2 is 1.89 bits per heavy atom. The van der Waals surface area contributed by atoms with Crippen molar-refractivity contribution >= 4 is 46.2 Å². The fourth-order valence-electron chi connectivity index (χ4n) is 2.97. The molecule has 0 radical (unpaired) electrons. The van der Waals surface area contributed by atoms with E-state index in [9.17, 15) is 9.59 Å². The average molecular weight is 406 g/mol. The van der Waals surface area contributed by atoms with Crippen LogP contribution in [0.15, 0.2) is 29.2 Å². The molecule has 0 saturated carbocycles. The number of carbonyl (C=O) groups is 2. The van der Waals surface area contributed by atoms with Crippen molar-refractivity contribution in [3.63, 3.8) is 0 Å². The Kier molecular flexibility index (Phi) is 6.51. The molecule has 0 N–H and O–H groups in total. The maximum atomic E-state index is 12.7. The highest BCUT2D eigenvalue weighted by Crippen LogP contribution is 2.32. The zero-order valence-electron chi connectivity index (χ0n) is 15.5. The molecule has 2 fully saturated rings. The number of hydrogen-bond acceptors (Lipinski definition) is 6. The Labute approximate surface area is 169 Å². The van der Waals surface area contributed by atoms with Crippen molar-refractivity contribution < 1.29 is 14.3 Å². The first-order valence-corrected chi connectivity index (χ1v) is 10.1. The number of benzene rings is 1. The van der Waals surface area contributed by atoms with E-state index in [4.69, 9.17) is 17.0 Å². The highest BCUT2D eigenvalue weighted by atomic mass is 32.2. The number of nitrogens with zero attached hydrogens (tertiary/aromatic N) is 3. The molecule has 1 aromatic carbocycles. The van der Waals surface area contributed by atoms with Crippen LogP contribution in [0.25, 0.3) is 6.08 Å². The van der Waals surface area contributed by atoms with E-state index in [0.717, 1.165) is 37.5 Å². The van der Waals surface area contributed by atoms with Gasteiger partial charge in [-0.05, 0) is 30.8 Å². The minimum absolute atomic E-state index is 0.0799. The molecule has 144 valence electrons. The molecule has 2 heterocycles. The molecule has 2 aliphatic rings. The molecule has 6 nitrogen and oxygen atoms in total. The number of hydrogen-bond donors (Lipinski definition) is 0. The number of amides is 2. The lowest BCUT2D eigenvalue weighted by molar-refractivity contribution is -0.133. The number of thiocarbonyl (C=S) groups is 1. The van der Waals surface area contributed by atoms with Gasteiger partial charge in [0.2, 0.25) is 5.91 Å². The summed E-state index contributed by atoms with van der Waals surface area (Å²) in [6.07, 6.45) is 2.12. The summed E-state index contributed by atoms with van der Waals surface area (Å²) in [5.41, 5.74) is 0.907. The third kappa shape index (κ3) is 4.88. The Bertz CT molecular complexity index is 756. The number of piperazine rings is 1. The summed E-state index contributed by atoms with van der Waals surface area (Å²) in [4.78, 5) is 31.3. The zero-order valence-corrected chi connectivity index (χ0v) is 17.1. The van der Waals surface area contributed by atoms with Crippen LogP contribution in [-0.2, 0) is 9.59 Å². The first kappa shape index (κ1) is 19.9. The van der Waals surface area contributed by atoms with Gasteiger partial charge in [-0.3, -0.25) is 14.5 Å². The Morgan fingerprint density at radius 1 is 1.22 bits per heavy atom. The zero-order chi connectivity index (χ0) is 19.4. The highest BCUT2D eigenvalue weighted by molar-refractivity contribution is 8.26. The second kappa shape index (κ2) is 8.86. The number of likely N-dealkylation sites (N-methyl/N-ethyl adjacent to an activating group) is 1. The van der Waals surface area contributed by atoms with E-state index in [1.807, 2.05) is 35.2 Å². The predicted molar refractivity (Wildman–Crippen MR) is 112 cm³/mol. The molecule has 2 aliphatic heterocycles. The molecular weight excluding hydrogens is 382 g/mol. The standard InChI is InChI=1S/C19H23N3O3S2/c1-20-9-11-21(12-10-20)17(23)7-8-22-18(24)16(27-19(22)26)13-14-3-5-15(25-2)6-4-14/h3-6,13H,7-12H2,1-2H3/b16-13+. The number of ether oxygens (including phenoxy) is 1. The first-order valence-electron chi connectivity index (χ1n) is 8.83. The molecule has 0 spiro atoms. The minimum Gasteiger partial charge on any atom is -0.497 e. The number of methoxy groups -OCH3 is 1. The van der Waals surface area contributed by atoms with E-state index in [2.05, 4.69) is 11.9 Å². The Balaban J connectivity index is 1.58. The van der Waals surface area contributed by atoms with E-state index in [1.54, 1.807) is 7.11 Å². The Morgan fingerprint density at radius 3 is 2.52 bits per heavy atom. The average Bonchev–Trinajstić information content (AvgIpc) is 2.94.